The normalized spacial score (nSPS) is 17.7. The van der Waals surface area contributed by atoms with Crippen LogP contribution in [0.3, 0.4) is 0 Å². The maximum atomic E-state index is 13.9. The summed E-state index contributed by atoms with van der Waals surface area (Å²) in [7, 11) is 0. The topological polar surface area (TPSA) is 79.5 Å². The second-order valence-electron chi connectivity index (χ2n) is 6.24. The van der Waals surface area contributed by atoms with E-state index in [9.17, 15) is 14.0 Å². The van der Waals surface area contributed by atoms with Crippen molar-refractivity contribution in [1.29, 1.82) is 0 Å². The van der Waals surface area contributed by atoms with Crippen LogP contribution in [0.2, 0.25) is 0 Å². The standard InChI is InChI=1S/C15H20FN3O3/c1-8-5-9(16)12-10(6-8)17-7-11(13(20)19-12)18-14(21)22-15(2,3)4/h5-6,11,17H,7H2,1-4H3,(H,18,21)(H,19,20)/t11-/m0/s1. The van der Waals surface area contributed by atoms with Crippen LogP contribution in [0, 0.1) is 12.7 Å². The van der Waals surface area contributed by atoms with Gasteiger partial charge >= 0.3 is 6.09 Å². The van der Waals surface area contributed by atoms with Crippen molar-refractivity contribution in [2.24, 2.45) is 0 Å². The number of alkyl carbamates (subject to hydrolysis) is 1. The van der Waals surface area contributed by atoms with Gasteiger partial charge in [0.25, 0.3) is 0 Å². The zero-order chi connectivity index (χ0) is 16.5. The Labute approximate surface area is 128 Å². The highest BCUT2D eigenvalue weighted by Crippen LogP contribution is 2.28. The molecule has 3 N–H and O–H groups in total. The van der Waals surface area contributed by atoms with Crippen LogP contribution in [0.15, 0.2) is 12.1 Å². The van der Waals surface area contributed by atoms with E-state index in [1.807, 2.05) is 0 Å². The molecule has 6 nitrogen and oxygen atoms in total. The van der Waals surface area contributed by atoms with Crippen LogP contribution in [0.4, 0.5) is 20.6 Å². The number of nitrogens with one attached hydrogen (secondary N) is 3. The maximum Gasteiger partial charge on any atom is 0.408 e. The van der Waals surface area contributed by atoms with Gasteiger partial charge in [-0.3, -0.25) is 4.79 Å². The van der Waals surface area contributed by atoms with E-state index in [0.717, 1.165) is 5.56 Å². The summed E-state index contributed by atoms with van der Waals surface area (Å²) in [5, 5.41) is 7.93. The Balaban J connectivity index is 2.12. The summed E-state index contributed by atoms with van der Waals surface area (Å²) in [5.41, 5.74) is 0.644. The molecule has 0 aliphatic carbocycles. The zero-order valence-corrected chi connectivity index (χ0v) is 13.0. The van der Waals surface area contributed by atoms with Crippen molar-refractivity contribution in [1.82, 2.24) is 5.32 Å². The number of ether oxygens (including phenoxy) is 1. The Bertz CT molecular complexity index is 611. The van der Waals surface area contributed by atoms with Gasteiger partial charge in [0.2, 0.25) is 5.91 Å². The van der Waals surface area contributed by atoms with Crippen molar-refractivity contribution in [3.05, 3.63) is 23.5 Å². The second-order valence-corrected chi connectivity index (χ2v) is 6.24. The first-order chi connectivity index (χ1) is 10.2. The molecule has 0 radical (unpaired) electrons. The number of aryl methyl sites for hydroxylation is 1. The number of fused-ring (bicyclic) bond motifs is 1. The predicted molar refractivity (Wildman–Crippen MR) is 81.4 cm³/mol. The van der Waals surface area contributed by atoms with E-state index in [2.05, 4.69) is 16.0 Å². The van der Waals surface area contributed by atoms with Gasteiger partial charge < -0.3 is 20.7 Å². The van der Waals surface area contributed by atoms with E-state index in [-0.39, 0.29) is 12.2 Å². The number of hydrogen-bond acceptors (Lipinski definition) is 4. The van der Waals surface area contributed by atoms with Gasteiger partial charge in [0.05, 0.1) is 5.69 Å². The van der Waals surface area contributed by atoms with Crippen molar-refractivity contribution in [2.45, 2.75) is 39.3 Å². The Hall–Kier alpha value is -2.31. The molecule has 0 fully saturated rings. The van der Waals surface area contributed by atoms with Gasteiger partial charge in [-0.15, -0.1) is 0 Å². The Morgan fingerprint density at radius 3 is 2.73 bits per heavy atom. The second kappa shape index (κ2) is 5.82. The van der Waals surface area contributed by atoms with Crippen LogP contribution in [0.25, 0.3) is 0 Å². The number of benzene rings is 1. The van der Waals surface area contributed by atoms with Crippen molar-refractivity contribution in [3.63, 3.8) is 0 Å². The summed E-state index contributed by atoms with van der Waals surface area (Å²) in [6.07, 6.45) is -0.697. The highest BCUT2D eigenvalue weighted by Gasteiger charge is 2.28. The van der Waals surface area contributed by atoms with Crippen molar-refractivity contribution < 1.29 is 18.7 Å². The molecule has 0 aromatic heterocycles. The van der Waals surface area contributed by atoms with Crippen LogP contribution >= 0.6 is 0 Å². The molecule has 1 aliphatic rings. The molecule has 1 heterocycles. The molecule has 0 saturated carbocycles. The van der Waals surface area contributed by atoms with Gasteiger partial charge in [-0.2, -0.15) is 0 Å². The highest BCUT2D eigenvalue weighted by atomic mass is 19.1. The minimum absolute atomic E-state index is 0.0871. The third-order valence-electron chi connectivity index (χ3n) is 2.99. The summed E-state index contributed by atoms with van der Waals surface area (Å²) < 4.78 is 19.0. The summed E-state index contributed by atoms with van der Waals surface area (Å²) in [5.74, 6) is -1.02. The SMILES string of the molecule is Cc1cc(F)c2c(c1)NC[C@H](NC(=O)OC(C)(C)C)C(=O)N2. The molecular weight excluding hydrogens is 289 g/mol. The molecule has 1 aliphatic heterocycles. The Morgan fingerprint density at radius 1 is 1.41 bits per heavy atom. The molecule has 0 unspecified atom stereocenters. The largest absolute Gasteiger partial charge is 0.444 e. The molecular formula is C15H20FN3O3. The van der Waals surface area contributed by atoms with Crippen LogP contribution in [0.5, 0.6) is 0 Å². The highest BCUT2D eigenvalue weighted by molar-refractivity contribution is 6.01. The van der Waals surface area contributed by atoms with Crippen LogP contribution in [0.1, 0.15) is 26.3 Å². The predicted octanol–water partition coefficient (Wildman–Crippen LogP) is 2.39. The van der Waals surface area contributed by atoms with E-state index in [4.69, 9.17) is 4.74 Å². The lowest BCUT2D eigenvalue weighted by Gasteiger charge is -2.22. The number of halogens is 1. The smallest absolute Gasteiger partial charge is 0.408 e. The molecule has 2 amide bonds. The molecule has 1 atom stereocenters. The van der Waals surface area contributed by atoms with Crippen molar-refractivity contribution in [2.75, 3.05) is 17.2 Å². The first kappa shape index (κ1) is 16.1. The molecule has 0 bridgehead atoms. The van der Waals surface area contributed by atoms with Gasteiger partial charge in [-0.1, -0.05) is 0 Å². The molecule has 120 valence electrons. The van der Waals surface area contributed by atoms with Gasteiger partial charge in [0.15, 0.2) is 0 Å². The molecule has 0 saturated heterocycles. The summed E-state index contributed by atoms with van der Waals surface area (Å²) in [4.78, 5) is 23.9. The number of rotatable bonds is 1. The van der Waals surface area contributed by atoms with E-state index >= 15 is 0 Å². The lowest BCUT2D eigenvalue weighted by Crippen LogP contribution is -2.48. The third-order valence-corrected chi connectivity index (χ3v) is 2.99. The van der Waals surface area contributed by atoms with E-state index < -0.39 is 29.5 Å². The van der Waals surface area contributed by atoms with Crippen LogP contribution in [-0.2, 0) is 9.53 Å². The number of hydrogen-bond donors (Lipinski definition) is 3. The fraction of sp³-hybridized carbons (Fsp3) is 0.467. The van der Waals surface area contributed by atoms with Crippen molar-refractivity contribution in [3.8, 4) is 0 Å². The maximum absolute atomic E-state index is 13.9. The number of carbonyl (C=O) groups excluding carboxylic acids is 2. The fourth-order valence-corrected chi connectivity index (χ4v) is 2.09. The number of anilines is 2. The first-order valence-corrected chi connectivity index (χ1v) is 7.00. The average Bonchev–Trinajstić information content (AvgIpc) is 2.49. The number of carbonyl (C=O) groups is 2. The van der Waals surface area contributed by atoms with E-state index in [1.165, 1.54) is 6.07 Å². The fourth-order valence-electron chi connectivity index (χ4n) is 2.09. The third kappa shape index (κ3) is 3.87. The summed E-state index contributed by atoms with van der Waals surface area (Å²) >= 11 is 0. The molecule has 22 heavy (non-hydrogen) atoms. The zero-order valence-electron chi connectivity index (χ0n) is 13.0. The number of amides is 2. The average molecular weight is 309 g/mol. The quantitative estimate of drug-likeness (QED) is 0.744. The lowest BCUT2D eigenvalue weighted by molar-refractivity contribution is -0.117. The molecule has 1 aromatic carbocycles. The Morgan fingerprint density at radius 2 is 2.09 bits per heavy atom. The minimum Gasteiger partial charge on any atom is -0.444 e. The minimum atomic E-state index is -0.859. The first-order valence-electron chi connectivity index (χ1n) is 7.00. The van der Waals surface area contributed by atoms with Crippen LogP contribution < -0.4 is 16.0 Å². The summed E-state index contributed by atoms with van der Waals surface area (Å²) in [6.45, 7) is 7.08. The van der Waals surface area contributed by atoms with Gasteiger partial charge in [-0.25, -0.2) is 9.18 Å². The van der Waals surface area contributed by atoms with Gasteiger partial charge in [-0.05, 0) is 45.4 Å². The summed E-state index contributed by atoms with van der Waals surface area (Å²) in [6, 6.07) is 2.21. The molecule has 0 spiro atoms. The molecule has 7 heteroatoms. The van der Waals surface area contributed by atoms with Gasteiger partial charge in [0, 0.05) is 6.54 Å². The van der Waals surface area contributed by atoms with E-state index in [1.54, 1.807) is 33.8 Å². The van der Waals surface area contributed by atoms with Crippen LogP contribution in [-0.4, -0.2) is 30.2 Å². The lowest BCUT2D eigenvalue weighted by atomic mass is 10.2. The van der Waals surface area contributed by atoms with E-state index in [0.29, 0.717) is 5.69 Å². The Kier molecular flexibility index (Phi) is 4.25. The van der Waals surface area contributed by atoms with Gasteiger partial charge in [0.1, 0.15) is 23.1 Å². The molecule has 1 aromatic rings. The monoisotopic (exact) mass is 309 g/mol. The molecule has 2 rings (SSSR count). The van der Waals surface area contributed by atoms with Crippen molar-refractivity contribution >= 4 is 23.4 Å².